The van der Waals surface area contributed by atoms with Gasteiger partial charge in [-0.05, 0) is 55.0 Å². The molecule has 0 bridgehead atoms. The highest BCUT2D eigenvalue weighted by atomic mass is 16.5. The molecule has 27 heavy (non-hydrogen) atoms. The Bertz CT molecular complexity index is 901. The molecule has 1 saturated carbocycles. The van der Waals surface area contributed by atoms with Gasteiger partial charge >= 0.3 is 0 Å². The highest BCUT2D eigenvalue weighted by Crippen LogP contribution is 2.40. The Morgan fingerprint density at radius 3 is 2.78 bits per heavy atom. The quantitative estimate of drug-likeness (QED) is 0.666. The number of rotatable bonds is 7. The molecule has 6 heteroatoms. The second-order valence-electron chi connectivity index (χ2n) is 6.97. The minimum atomic E-state index is -0.253. The molecule has 1 amide bonds. The molecule has 3 aromatic rings. The van der Waals surface area contributed by atoms with Gasteiger partial charge in [0, 0.05) is 36.1 Å². The first-order valence-corrected chi connectivity index (χ1v) is 9.21. The summed E-state index contributed by atoms with van der Waals surface area (Å²) in [6.45, 7) is 0. The number of nitrogens with zero attached hydrogens (tertiary/aromatic N) is 2. The molecule has 1 aromatic carbocycles. The standard InChI is InChI=1S/C21H22N4O2/c22-18(16-2-1-11-23-13-16)10-5-14-3-8-17(9-4-14)24-21(26)19-12-20(27-25-19)15-6-7-15/h1-4,8-9,11-13,15,18H,5-7,10,22H2,(H,24,26). The first-order chi connectivity index (χ1) is 13.2. The number of carbonyl (C=O) groups excluding carboxylic acids is 1. The average molecular weight is 362 g/mol. The van der Waals surface area contributed by atoms with Crippen LogP contribution in [-0.2, 0) is 6.42 Å². The van der Waals surface area contributed by atoms with Crippen molar-refractivity contribution in [2.24, 2.45) is 5.73 Å². The first-order valence-electron chi connectivity index (χ1n) is 9.21. The van der Waals surface area contributed by atoms with Crippen LogP contribution in [0.2, 0.25) is 0 Å². The van der Waals surface area contributed by atoms with Gasteiger partial charge in [-0.3, -0.25) is 9.78 Å². The van der Waals surface area contributed by atoms with Gasteiger partial charge in [-0.25, -0.2) is 0 Å². The van der Waals surface area contributed by atoms with Crippen molar-refractivity contribution in [1.82, 2.24) is 10.1 Å². The van der Waals surface area contributed by atoms with Crippen molar-refractivity contribution in [2.45, 2.75) is 37.6 Å². The summed E-state index contributed by atoms with van der Waals surface area (Å²) in [6.07, 6.45) is 7.47. The lowest BCUT2D eigenvalue weighted by Gasteiger charge is -2.11. The molecule has 138 valence electrons. The minimum Gasteiger partial charge on any atom is -0.360 e. The SMILES string of the molecule is NC(CCc1ccc(NC(=O)c2cc(C3CC3)on2)cc1)c1cccnc1. The molecule has 1 aliphatic rings. The highest BCUT2D eigenvalue weighted by Gasteiger charge is 2.28. The van der Waals surface area contributed by atoms with Gasteiger partial charge in [-0.1, -0.05) is 23.4 Å². The molecule has 0 saturated heterocycles. The number of amides is 1. The first kappa shape index (κ1) is 17.4. The third kappa shape index (κ3) is 4.41. The zero-order chi connectivity index (χ0) is 18.6. The Morgan fingerprint density at radius 1 is 1.26 bits per heavy atom. The summed E-state index contributed by atoms with van der Waals surface area (Å²) >= 11 is 0. The van der Waals surface area contributed by atoms with Gasteiger partial charge in [-0.2, -0.15) is 0 Å². The van der Waals surface area contributed by atoms with E-state index in [-0.39, 0.29) is 11.9 Å². The van der Waals surface area contributed by atoms with Crippen LogP contribution in [0.5, 0.6) is 0 Å². The normalized spacial score (nSPS) is 14.7. The maximum absolute atomic E-state index is 12.3. The van der Waals surface area contributed by atoms with Crippen LogP contribution in [0.4, 0.5) is 5.69 Å². The van der Waals surface area contributed by atoms with E-state index in [2.05, 4.69) is 15.5 Å². The number of aryl methyl sites for hydroxylation is 1. The topological polar surface area (TPSA) is 94.0 Å². The molecular weight excluding hydrogens is 340 g/mol. The lowest BCUT2D eigenvalue weighted by Crippen LogP contribution is -2.12. The molecule has 0 spiro atoms. The van der Waals surface area contributed by atoms with Gasteiger partial charge < -0.3 is 15.6 Å². The fourth-order valence-electron chi connectivity index (χ4n) is 2.99. The Balaban J connectivity index is 1.31. The molecule has 2 heterocycles. The van der Waals surface area contributed by atoms with Crippen molar-refractivity contribution < 1.29 is 9.32 Å². The van der Waals surface area contributed by atoms with Crippen molar-refractivity contribution in [2.75, 3.05) is 5.32 Å². The molecule has 6 nitrogen and oxygen atoms in total. The van der Waals surface area contributed by atoms with E-state index in [1.54, 1.807) is 12.3 Å². The van der Waals surface area contributed by atoms with Crippen molar-refractivity contribution in [3.05, 3.63) is 77.4 Å². The molecule has 1 unspecified atom stereocenters. The number of aromatic nitrogens is 2. The third-order valence-corrected chi connectivity index (χ3v) is 4.81. The molecule has 1 aliphatic carbocycles. The predicted molar refractivity (Wildman–Crippen MR) is 102 cm³/mol. The van der Waals surface area contributed by atoms with Crippen LogP contribution >= 0.6 is 0 Å². The van der Waals surface area contributed by atoms with Crippen molar-refractivity contribution in [1.29, 1.82) is 0 Å². The van der Waals surface area contributed by atoms with Crippen LogP contribution in [0.15, 0.2) is 59.4 Å². The number of pyridine rings is 1. The fraction of sp³-hybridized carbons (Fsp3) is 0.286. The molecule has 1 atom stereocenters. The number of nitrogens with one attached hydrogen (secondary N) is 1. The number of nitrogens with two attached hydrogens (primary N) is 1. The number of carbonyl (C=O) groups is 1. The van der Waals surface area contributed by atoms with E-state index in [0.29, 0.717) is 11.6 Å². The van der Waals surface area contributed by atoms with Gasteiger partial charge in [0.25, 0.3) is 5.91 Å². The Kier molecular flexibility index (Phi) is 4.98. The second-order valence-corrected chi connectivity index (χ2v) is 6.97. The highest BCUT2D eigenvalue weighted by molar-refractivity contribution is 6.02. The van der Waals surface area contributed by atoms with E-state index < -0.39 is 0 Å². The molecule has 4 rings (SSSR count). The largest absolute Gasteiger partial charge is 0.360 e. The fourth-order valence-corrected chi connectivity index (χ4v) is 2.99. The molecule has 1 fully saturated rings. The Hall–Kier alpha value is -2.99. The van der Waals surface area contributed by atoms with Gasteiger partial charge in [0.1, 0.15) is 5.76 Å². The zero-order valence-corrected chi connectivity index (χ0v) is 15.0. The van der Waals surface area contributed by atoms with Crippen LogP contribution in [0, 0.1) is 0 Å². The molecule has 2 aromatic heterocycles. The van der Waals surface area contributed by atoms with Gasteiger partial charge in [0.05, 0.1) is 0 Å². The van der Waals surface area contributed by atoms with Crippen molar-refractivity contribution >= 4 is 11.6 Å². The molecule has 0 radical (unpaired) electrons. The zero-order valence-electron chi connectivity index (χ0n) is 15.0. The maximum atomic E-state index is 12.3. The van der Waals surface area contributed by atoms with E-state index in [0.717, 1.165) is 42.7 Å². The predicted octanol–water partition coefficient (Wildman–Crippen LogP) is 3.83. The lowest BCUT2D eigenvalue weighted by molar-refractivity contribution is 0.101. The van der Waals surface area contributed by atoms with Crippen LogP contribution in [0.3, 0.4) is 0 Å². The summed E-state index contributed by atoms with van der Waals surface area (Å²) in [5, 5.41) is 6.72. The lowest BCUT2D eigenvalue weighted by atomic mass is 10.0. The summed E-state index contributed by atoms with van der Waals surface area (Å²) in [5.41, 5.74) is 9.49. The van der Waals surface area contributed by atoms with Gasteiger partial charge in [-0.15, -0.1) is 0 Å². The van der Waals surface area contributed by atoms with E-state index in [1.165, 1.54) is 5.56 Å². The Morgan fingerprint density at radius 2 is 2.07 bits per heavy atom. The van der Waals surface area contributed by atoms with E-state index in [1.807, 2.05) is 42.6 Å². The van der Waals surface area contributed by atoms with Gasteiger partial charge in [0.2, 0.25) is 0 Å². The number of benzene rings is 1. The van der Waals surface area contributed by atoms with Gasteiger partial charge in [0.15, 0.2) is 5.69 Å². The minimum absolute atomic E-state index is 0.0362. The van der Waals surface area contributed by atoms with Crippen LogP contribution in [0.25, 0.3) is 0 Å². The van der Waals surface area contributed by atoms with Crippen molar-refractivity contribution in [3.63, 3.8) is 0 Å². The maximum Gasteiger partial charge on any atom is 0.277 e. The summed E-state index contributed by atoms with van der Waals surface area (Å²) < 4.78 is 5.23. The smallest absolute Gasteiger partial charge is 0.277 e. The van der Waals surface area contributed by atoms with E-state index >= 15 is 0 Å². The molecule has 3 N–H and O–H groups in total. The number of anilines is 1. The number of hydrogen-bond donors (Lipinski definition) is 2. The average Bonchev–Trinajstić information content (AvgIpc) is 3.44. The van der Waals surface area contributed by atoms with E-state index in [9.17, 15) is 4.79 Å². The van der Waals surface area contributed by atoms with Crippen molar-refractivity contribution in [3.8, 4) is 0 Å². The number of hydrogen-bond acceptors (Lipinski definition) is 5. The molecular formula is C21H22N4O2. The second kappa shape index (κ2) is 7.72. The summed E-state index contributed by atoms with van der Waals surface area (Å²) in [6, 6.07) is 13.4. The summed E-state index contributed by atoms with van der Waals surface area (Å²) in [7, 11) is 0. The summed E-state index contributed by atoms with van der Waals surface area (Å²) in [5.74, 6) is 0.994. The monoisotopic (exact) mass is 362 g/mol. The van der Waals surface area contributed by atoms with Crippen LogP contribution < -0.4 is 11.1 Å². The van der Waals surface area contributed by atoms with E-state index in [4.69, 9.17) is 10.3 Å². The third-order valence-electron chi connectivity index (χ3n) is 4.81. The van der Waals surface area contributed by atoms with Crippen LogP contribution in [-0.4, -0.2) is 16.0 Å². The Labute approximate surface area is 157 Å². The van der Waals surface area contributed by atoms with Crippen LogP contribution in [0.1, 0.15) is 58.6 Å². The molecule has 0 aliphatic heterocycles. The summed E-state index contributed by atoms with van der Waals surface area (Å²) in [4.78, 5) is 16.4.